The van der Waals surface area contributed by atoms with Gasteiger partial charge in [0.25, 0.3) is 5.91 Å². The van der Waals surface area contributed by atoms with Gasteiger partial charge in [0, 0.05) is 12.1 Å². The molecule has 1 aromatic rings. The quantitative estimate of drug-likeness (QED) is 0.581. The second-order valence-electron chi connectivity index (χ2n) is 4.24. The number of ketones is 1. The predicted octanol–water partition coefficient (Wildman–Crippen LogP) is 0.640. The zero-order valence-corrected chi connectivity index (χ0v) is 10.3. The van der Waals surface area contributed by atoms with Crippen LogP contribution in [0.25, 0.3) is 0 Å². The second kappa shape index (κ2) is 5.17. The third-order valence-electron chi connectivity index (χ3n) is 2.98. The average Bonchev–Trinajstić information content (AvgIpc) is 2.79. The largest absolute Gasteiger partial charge is 0.468 e. The van der Waals surface area contributed by atoms with Gasteiger partial charge in [-0.15, -0.1) is 0 Å². The molecule has 1 aromatic carbocycles. The Bertz CT molecular complexity index is 543. The highest BCUT2D eigenvalue weighted by Gasteiger charge is 2.39. The van der Waals surface area contributed by atoms with Crippen molar-refractivity contribution >= 4 is 17.7 Å². The fraction of sp³-hybridized carbons (Fsp3) is 0.308. The van der Waals surface area contributed by atoms with Crippen LogP contribution in [0, 0.1) is 11.7 Å². The fourth-order valence-corrected chi connectivity index (χ4v) is 1.99. The number of nitrogens with zero attached hydrogens (tertiary/aromatic N) is 1. The van der Waals surface area contributed by atoms with Gasteiger partial charge >= 0.3 is 5.97 Å². The molecule has 5 nitrogen and oxygen atoms in total. The first-order valence-electron chi connectivity index (χ1n) is 5.68. The summed E-state index contributed by atoms with van der Waals surface area (Å²) in [7, 11) is 1.19. The lowest BCUT2D eigenvalue weighted by Crippen LogP contribution is -2.30. The fourth-order valence-electron chi connectivity index (χ4n) is 1.99. The third kappa shape index (κ3) is 2.62. The maximum atomic E-state index is 13.0. The highest BCUT2D eigenvalue weighted by Crippen LogP contribution is 2.17. The van der Waals surface area contributed by atoms with E-state index in [0.29, 0.717) is 0 Å². The number of likely N-dealkylation sites (tertiary alicyclic amines) is 1. The van der Waals surface area contributed by atoms with Crippen LogP contribution in [0.3, 0.4) is 0 Å². The van der Waals surface area contributed by atoms with Crippen molar-refractivity contribution in [2.24, 2.45) is 5.92 Å². The van der Waals surface area contributed by atoms with Crippen molar-refractivity contribution in [1.82, 2.24) is 4.90 Å². The van der Waals surface area contributed by atoms with E-state index in [1.807, 2.05) is 0 Å². The standard InChI is InChI=1S/C13H12FNO4/c1-19-13(18)10-6-15(7-11(10)16)12(17)8-3-2-4-9(14)5-8/h2-5,10H,6-7H2,1H3. The van der Waals surface area contributed by atoms with Crippen molar-refractivity contribution in [2.45, 2.75) is 0 Å². The van der Waals surface area contributed by atoms with Crippen molar-refractivity contribution in [3.63, 3.8) is 0 Å². The Labute approximate surface area is 109 Å². The minimum atomic E-state index is -0.942. The first kappa shape index (κ1) is 13.2. The van der Waals surface area contributed by atoms with Crippen LogP contribution < -0.4 is 0 Å². The number of hydrogen-bond donors (Lipinski definition) is 0. The van der Waals surface area contributed by atoms with E-state index >= 15 is 0 Å². The average molecular weight is 265 g/mol. The Morgan fingerprint density at radius 1 is 1.42 bits per heavy atom. The molecule has 1 saturated heterocycles. The number of halogens is 1. The number of methoxy groups -OCH3 is 1. The van der Waals surface area contributed by atoms with Gasteiger partial charge < -0.3 is 9.64 Å². The van der Waals surface area contributed by atoms with Gasteiger partial charge in [-0.05, 0) is 18.2 Å². The molecule has 0 N–H and O–H groups in total. The summed E-state index contributed by atoms with van der Waals surface area (Å²) >= 11 is 0. The van der Waals surface area contributed by atoms with Gasteiger partial charge in [0.1, 0.15) is 11.7 Å². The maximum absolute atomic E-state index is 13.0. The molecule has 0 aliphatic carbocycles. The Kier molecular flexibility index (Phi) is 3.59. The van der Waals surface area contributed by atoms with Crippen LogP contribution >= 0.6 is 0 Å². The molecule has 0 saturated carbocycles. The molecule has 100 valence electrons. The molecule has 0 spiro atoms. The van der Waals surface area contributed by atoms with Crippen molar-refractivity contribution < 1.29 is 23.5 Å². The summed E-state index contributed by atoms with van der Waals surface area (Å²) in [6.45, 7) is -0.185. The third-order valence-corrected chi connectivity index (χ3v) is 2.98. The molecule has 19 heavy (non-hydrogen) atoms. The lowest BCUT2D eigenvalue weighted by Gasteiger charge is -2.14. The van der Waals surface area contributed by atoms with Crippen LogP contribution in [0.4, 0.5) is 4.39 Å². The van der Waals surface area contributed by atoms with Crippen LogP contribution in [-0.4, -0.2) is 42.8 Å². The van der Waals surface area contributed by atoms with Crippen LogP contribution in [0.2, 0.25) is 0 Å². The van der Waals surface area contributed by atoms with E-state index in [0.717, 1.165) is 6.07 Å². The lowest BCUT2D eigenvalue weighted by molar-refractivity contribution is -0.147. The minimum Gasteiger partial charge on any atom is -0.468 e. The summed E-state index contributed by atoms with van der Waals surface area (Å²) in [5.74, 6) is -2.96. The van der Waals surface area contributed by atoms with E-state index in [-0.39, 0.29) is 24.4 Å². The molecule has 1 amide bonds. The normalized spacial score (nSPS) is 18.5. The highest BCUT2D eigenvalue weighted by molar-refractivity contribution is 6.06. The summed E-state index contributed by atoms with van der Waals surface area (Å²) in [6, 6.07) is 5.20. The number of ether oxygens (including phenoxy) is 1. The molecule has 1 fully saturated rings. The Morgan fingerprint density at radius 2 is 2.16 bits per heavy atom. The molecule has 1 heterocycles. The van der Waals surface area contributed by atoms with Crippen molar-refractivity contribution in [1.29, 1.82) is 0 Å². The summed E-state index contributed by atoms with van der Waals surface area (Å²) < 4.78 is 17.5. The van der Waals surface area contributed by atoms with Crippen LogP contribution in [-0.2, 0) is 14.3 Å². The van der Waals surface area contributed by atoms with Gasteiger partial charge in [-0.2, -0.15) is 0 Å². The van der Waals surface area contributed by atoms with Gasteiger partial charge in [-0.1, -0.05) is 6.07 Å². The van der Waals surface area contributed by atoms with Gasteiger partial charge in [0.05, 0.1) is 13.7 Å². The first-order chi connectivity index (χ1) is 9.02. The topological polar surface area (TPSA) is 63.7 Å². The minimum absolute atomic E-state index is 0.0269. The van der Waals surface area contributed by atoms with Crippen LogP contribution in [0.5, 0.6) is 0 Å². The zero-order chi connectivity index (χ0) is 14.0. The summed E-state index contributed by atoms with van der Waals surface area (Å²) in [6.07, 6.45) is 0. The van der Waals surface area contributed by atoms with Crippen LogP contribution in [0.15, 0.2) is 24.3 Å². The van der Waals surface area contributed by atoms with E-state index in [4.69, 9.17) is 0 Å². The van der Waals surface area contributed by atoms with Gasteiger partial charge in [-0.25, -0.2) is 4.39 Å². The number of amides is 1. The number of rotatable bonds is 2. The van der Waals surface area contributed by atoms with E-state index < -0.39 is 23.6 Å². The number of esters is 1. The molecule has 1 unspecified atom stereocenters. The smallest absolute Gasteiger partial charge is 0.318 e. The second-order valence-corrected chi connectivity index (χ2v) is 4.24. The molecule has 2 rings (SSSR count). The Morgan fingerprint density at radius 3 is 2.79 bits per heavy atom. The van der Waals surface area contributed by atoms with E-state index in [1.165, 1.54) is 30.2 Å². The lowest BCUT2D eigenvalue weighted by atomic mass is 10.1. The molecular weight excluding hydrogens is 253 g/mol. The molecule has 1 aliphatic rings. The molecule has 1 atom stereocenters. The molecule has 0 aromatic heterocycles. The summed E-state index contributed by atoms with van der Waals surface area (Å²) in [4.78, 5) is 36.2. The maximum Gasteiger partial charge on any atom is 0.318 e. The number of benzene rings is 1. The highest BCUT2D eigenvalue weighted by atomic mass is 19.1. The predicted molar refractivity (Wildman–Crippen MR) is 62.8 cm³/mol. The van der Waals surface area contributed by atoms with Crippen molar-refractivity contribution in [2.75, 3.05) is 20.2 Å². The SMILES string of the molecule is COC(=O)C1CN(C(=O)c2cccc(F)c2)CC1=O. The summed E-state index contributed by atoms with van der Waals surface area (Å²) in [5.41, 5.74) is 0.151. The number of carbonyl (C=O) groups excluding carboxylic acids is 3. The van der Waals surface area contributed by atoms with E-state index in [9.17, 15) is 18.8 Å². The number of Topliss-reactive ketones (excluding diaryl/α,β-unsaturated/α-hetero) is 1. The van der Waals surface area contributed by atoms with Crippen molar-refractivity contribution in [3.8, 4) is 0 Å². The van der Waals surface area contributed by atoms with E-state index in [1.54, 1.807) is 0 Å². The number of hydrogen-bond acceptors (Lipinski definition) is 4. The molecular formula is C13H12FNO4. The molecule has 1 aliphatic heterocycles. The molecule has 0 radical (unpaired) electrons. The van der Waals surface area contributed by atoms with Gasteiger partial charge in [0.2, 0.25) is 0 Å². The molecule has 0 bridgehead atoms. The van der Waals surface area contributed by atoms with Crippen molar-refractivity contribution in [3.05, 3.63) is 35.6 Å². The Balaban J connectivity index is 2.14. The first-order valence-corrected chi connectivity index (χ1v) is 5.68. The summed E-state index contributed by atoms with van der Waals surface area (Å²) in [5, 5.41) is 0. The van der Waals surface area contributed by atoms with E-state index in [2.05, 4.69) is 4.74 Å². The van der Waals surface area contributed by atoms with Gasteiger partial charge in [-0.3, -0.25) is 14.4 Å². The number of carbonyl (C=O) groups is 3. The van der Waals surface area contributed by atoms with Crippen LogP contribution in [0.1, 0.15) is 10.4 Å². The Hall–Kier alpha value is -2.24. The molecule has 6 heteroatoms. The van der Waals surface area contributed by atoms with Gasteiger partial charge in [0.15, 0.2) is 5.78 Å². The monoisotopic (exact) mass is 265 g/mol. The zero-order valence-electron chi connectivity index (χ0n) is 10.3.